The summed E-state index contributed by atoms with van der Waals surface area (Å²) < 4.78 is 5.34. The van der Waals surface area contributed by atoms with Gasteiger partial charge >= 0.3 is 5.97 Å². The highest BCUT2D eigenvalue weighted by molar-refractivity contribution is 5.89. The largest absolute Gasteiger partial charge is 0.462 e. The van der Waals surface area contributed by atoms with Gasteiger partial charge in [0.05, 0.1) is 12.2 Å². The van der Waals surface area contributed by atoms with Gasteiger partial charge in [-0.05, 0) is 43.7 Å². The molecule has 0 radical (unpaired) electrons. The third-order valence-electron chi connectivity index (χ3n) is 3.84. The number of hydrogen-bond donors (Lipinski definition) is 0. The van der Waals surface area contributed by atoms with E-state index < -0.39 is 0 Å². The van der Waals surface area contributed by atoms with Crippen LogP contribution in [0.1, 0.15) is 48.9 Å². The first-order valence-corrected chi connectivity index (χ1v) is 7.17. The molecule has 0 amide bonds. The van der Waals surface area contributed by atoms with Crippen LogP contribution in [0.3, 0.4) is 0 Å². The Labute approximate surface area is 115 Å². The van der Waals surface area contributed by atoms with Gasteiger partial charge in [0, 0.05) is 0 Å². The normalized spacial score (nSPS) is 19.8. The maximum Gasteiger partial charge on any atom is 0.338 e. The summed E-state index contributed by atoms with van der Waals surface area (Å²) in [5.41, 5.74) is 1.97. The van der Waals surface area contributed by atoms with Crippen LogP contribution in [0.15, 0.2) is 42.5 Å². The number of allylic oxidation sites excluding steroid dienone is 1. The van der Waals surface area contributed by atoms with Gasteiger partial charge in [0.2, 0.25) is 0 Å². The van der Waals surface area contributed by atoms with Crippen molar-refractivity contribution in [1.29, 1.82) is 0 Å². The van der Waals surface area contributed by atoms with Crippen LogP contribution in [0.5, 0.6) is 0 Å². The second kappa shape index (κ2) is 7.13. The molecule has 1 aliphatic carbocycles. The lowest BCUT2D eigenvalue weighted by Gasteiger charge is -2.16. The van der Waals surface area contributed by atoms with Gasteiger partial charge in [0.25, 0.3) is 0 Å². The van der Waals surface area contributed by atoms with Crippen molar-refractivity contribution < 1.29 is 9.53 Å². The van der Waals surface area contributed by atoms with Crippen molar-refractivity contribution in [3.05, 3.63) is 48.0 Å². The minimum atomic E-state index is -0.222. The molecule has 0 spiro atoms. The first kappa shape index (κ1) is 13.9. The molecular weight excluding hydrogens is 236 g/mol. The molecule has 102 valence electrons. The minimum absolute atomic E-state index is 0.222. The second-order valence-electron chi connectivity index (χ2n) is 5.25. The summed E-state index contributed by atoms with van der Waals surface area (Å²) in [5, 5.41) is 0. The zero-order valence-corrected chi connectivity index (χ0v) is 11.4. The predicted molar refractivity (Wildman–Crippen MR) is 77.1 cm³/mol. The molecule has 1 aliphatic rings. The Morgan fingerprint density at radius 1 is 1.21 bits per heavy atom. The van der Waals surface area contributed by atoms with E-state index in [1.807, 2.05) is 18.2 Å². The monoisotopic (exact) mass is 258 g/mol. The molecule has 2 nitrogen and oxygen atoms in total. The first-order chi connectivity index (χ1) is 9.27. The summed E-state index contributed by atoms with van der Waals surface area (Å²) in [6.45, 7) is 4.67. The van der Waals surface area contributed by atoms with Gasteiger partial charge in [-0.2, -0.15) is 0 Å². The van der Waals surface area contributed by atoms with Crippen molar-refractivity contribution in [2.24, 2.45) is 5.92 Å². The van der Waals surface area contributed by atoms with Crippen LogP contribution in [-0.2, 0) is 4.74 Å². The van der Waals surface area contributed by atoms with Gasteiger partial charge in [-0.25, -0.2) is 4.79 Å². The van der Waals surface area contributed by atoms with E-state index in [1.165, 1.54) is 31.3 Å². The summed E-state index contributed by atoms with van der Waals surface area (Å²) in [7, 11) is 0. The van der Waals surface area contributed by atoms with Gasteiger partial charge in [0.1, 0.15) is 0 Å². The third-order valence-corrected chi connectivity index (χ3v) is 3.84. The van der Waals surface area contributed by atoms with E-state index >= 15 is 0 Å². The van der Waals surface area contributed by atoms with E-state index in [4.69, 9.17) is 4.74 Å². The van der Waals surface area contributed by atoms with Gasteiger partial charge < -0.3 is 4.74 Å². The molecular formula is C17H22O2. The molecule has 0 saturated heterocycles. The molecule has 2 heteroatoms. The van der Waals surface area contributed by atoms with Crippen molar-refractivity contribution in [3.63, 3.8) is 0 Å². The fraction of sp³-hybridized carbons (Fsp3) is 0.471. The van der Waals surface area contributed by atoms with Gasteiger partial charge in [-0.1, -0.05) is 43.2 Å². The lowest BCUT2D eigenvalue weighted by molar-refractivity contribution is 0.0486. The smallest absolute Gasteiger partial charge is 0.338 e. The lowest BCUT2D eigenvalue weighted by atomic mass is 9.93. The van der Waals surface area contributed by atoms with E-state index in [0.717, 1.165) is 12.8 Å². The van der Waals surface area contributed by atoms with Crippen molar-refractivity contribution in [3.8, 4) is 0 Å². The van der Waals surface area contributed by atoms with Crippen molar-refractivity contribution >= 4 is 5.97 Å². The highest BCUT2D eigenvalue weighted by atomic mass is 16.5. The number of benzene rings is 1. The minimum Gasteiger partial charge on any atom is -0.462 e. The van der Waals surface area contributed by atoms with Gasteiger partial charge in [0.15, 0.2) is 0 Å². The molecule has 0 aliphatic heterocycles. The average Bonchev–Trinajstić information content (AvgIpc) is 2.65. The van der Waals surface area contributed by atoms with E-state index in [-0.39, 0.29) is 5.97 Å². The van der Waals surface area contributed by atoms with Crippen molar-refractivity contribution in [2.75, 3.05) is 6.61 Å². The van der Waals surface area contributed by atoms with E-state index in [2.05, 4.69) is 6.58 Å². The van der Waals surface area contributed by atoms with Crippen LogP contribution in [0.2, 0.25) is 0 Å². The Bertz CT molecular complexity index is 422. The molecule has 0 bridgehead atoms. The Kier molecular flexibility index (Phi) is 5.20. The summed E-state index contributed by atoms with van der Waals surface area (Å²) >= 11 is 0. The number of carbonyl (C=O) groups excluding carboxylic acids is 1. The number of rotatable bonds is 4. The highest BCUT2D eigenvalue weighted by Crippen LogP contribution is 2.29. The topological polar surface area (TPSA) is 26.3 Å². The molecule has 1 fully saturated rings. The van der Waals surface area contributed by atoms with E-state index in [1.54, 1.807) is 12.1 Å². The van der Waals surface area contributed by atoms with Crippen molar-refractivity contribution in [1.82, 2.24) is 0 Å². The lowest BCUT2D eigenvalue weighted by Crippen LogP contribution is -2.11. The van der Waals surface area contributed by atoms with Crippen LogP contribution < -0.4 is 0 Å². The molecule has 19 heavy (non-hydrogen) atoms. The maximum absolute atomic E-state index is 11.8. The average molecular weight is 258 g/mol. The third kappa shape index (κ3) is 4.23. The zero-order valence-electron chi connectivity index (χ0n) is 11.4. The van der Waals surface area contributed by atoms with Crippen molar-refractivity contribution in [2.45, 2.75) is 38.5 Å². The molecule has 2 rings (SSSR count). The van der Waals surface area contributed by atoms with Crippen LogP contribution >= 0.6 is 0 Å². The first-order valence-electron chi connectivity index (χ1n) is 7.17. The fourth-order valence-electron chi connectivity index (χ4n) is 2.63. The second-order valence-corrected chi connectivity index (χ2v) is 5.25. The molecule has 1 unspecified atom stereocenters. The number of ether oxygens (including phenoxy) is 1. The van der Waals surface area contributed by atoms with Crippen LogP contribution in [-0.4, -0.2) is 12.6 Å². The van der Waals surface area contributed by atoms with Crippen LogP contribution in [0, 0.1) is 5.92 Å². The van der Waals surface area contributed by atoms with E-state index in [0.29, 0.717) is 18.1 Å². The summed E-state index contributed by atoms with van der Waals surface area (Å²) in [6, 6.07) is 9.17. The van der Waals surface area contributed by atoms with E-state index in [9.17, 15) is 4.79 Å². The molecule has 0 aromatic heterocycles. The SMILES string of the molecule is C=C1CCCCCC1CCOC(=O)c1ccccc1. The molecule has 1 saturated carbocycles. The zero-order chi connectivity index (χ0) is 13.5. The summed E-state index contributed by atoms with van der Waals surface area (Å²) in [6.07, 6.45) is 7.09. The standard InChI is InChI=1S/C17H22O2/c1-14-8-4-2-5-9-15(14)12-13-19-17(18)16-10-6-3-7-11-16/h3,6-7,10-11,15H,1-2,4-5,8-9,12-13H2. The summed E-state index contributed by atoms with van der Waals surface area (Å²) in [5.74, 6) is 0.311. The Hall–Kier alpha value is -1.57. The Morgan fingerprint density at radius 2 is 2.00 bits per heavy atom. The Balaban J connectivity index is 1.77. The molecule has 1 aromatic carbocycles. The van der Waals surface area contributed by atoms with Gasteiger partial charge in [-0.3, -0.25) is 0 Å². The quantitative estimate of drug-likeness (QED) is 0.455. The fourth-order valence-corrected chi connectivity index (χ4v) is 2.63. The molecule has 0 N–H and O–H groups in total. The number of carbonyl (C=O) groups is 1. The van der Waals surface area contributed by atoms with Crippen LogP contribution in [0.4, 0.5) is 0 Å². The maximum atomic E-state index is 11.8. The predicted octanol–water partition coefficient (Wildman–Crippen LogP) is 4.37. The Morgan fingerprint density at radius 3 is 2.79 bits per heavy atom. The van der Waals surface area contributed by atoms with Crippen LogP contribution in [0.25, 0.3) is 0 Å². The number of hydrogen-bond acceptors (Lipinski definition) is 2. The summed E-state index contributed by atoms with van der Waals surface area (Å²) in [4.78, 5) is 11.8. The highest BCUT2D eigenvalue weighted by Gasteiger charge is 2.16. The van der Waals surface area contributed by atoms with Gasteiger partial charge in [-0.15, -0.1) is 0 Å². The molecule has 1 atom stereocenters. The number of esters is 1. The molecule has 0 heterocycles. The molecule has 1 aromatic rings.